The summed E-state index contributed by atoms with van der Waals surface area (Å²) in [5.41, 5.74) is 0.236. The lowest BCUT2D eigenvalue weighted by molar-refractivity contribution is 0.494. The number of halogens is 1. The largest absolute Gasteiger partial charge is 0.288 e. The van der Waals surface area contributed by atoms with E-state index >= 15 is 0 Å². The van der Waals surface area contributed by atoms with Crippen LogP contribution in [0, 0.1) is 0 Å². The van der Waals surface area contributed by atoms with Crippen molar-refractivity contribution in [2.45, 2.75) is 0 Å². The third-order valence-electron chi connectivity index (χ3n) is 1.97. The number of rotatable bonds is 1. The second-order valence-electron chi connectivity index (χ2n) is 2.55. The Labute approximate surface area is 66.4 Å². The maximum atomic E-state index is 11.8. The summed E-state index contributed by atoms with van der Waals surface area (Å²) in [5.74, 6) is 0. The Hall–Kier alpha value is 0.440. The van der Waals surface area contributed by atoms with Crippen molar-refractivity contribution in [1.82, 2.24) is 9.34 Å². The van der Waals surface area contributed by atoms with Gasteiger partial charge < -0.3 is 0 Å². The highest BCUT2D eigenvalue weighted by atomic mass is 35.5. The van der Waals surface area contributed by atoms with Gasteiger partial charge in [-0.1, -0.05) is 0 Å². The molecule has 5 heteroatoms. The maximum absolute atomic E-state index is 11.8. The van der Waals surface area contributed by atoms with Gasteiger partial charge in [-0.25, -0.2) is 9.34 Å². The first-order valence-corrected chi connectivity index (χ1v) is 5.53. The van der Waals surface area contributed by atoms with Crippen molar-refractivity contribution in [1.29, 1.82) is 0 Å². The van der Waals surface area contributed by atoms with E-state index in [4.69, 9.17) is 11.6 Å². The van der Waals surface area contributed by atoms with Gasteiger partial charge in [0, 0.05) is 13.1 Å². The number of likely N-dealkylation sites (N-methyl/N-ethyl adjacent to an activating group) is 2. The lowest BCUT2D eigenvalue weighted by atomic mass is 10.6. The summed E-state index contributed by atoms with van der Waals surface area (Å²) in [5, 5.41) is 0. The van der Waals surface area contributed by atoms with Crippen molar-refractivity contribution in [3.63, 3.8) is 0 Å². The first-order chi connectivity index (χ1) is 4.61. The van der Waals surface area contributed by atoms with Crippen LogP contribution < -0.4 is 0 Å². The molecule has 0 unspecified atom stereocenters. The van der Waals surface area contributed by atoms with Gasteiger partial charge in [0.1, 0.15) is 5.62 Å². The maximum Gasteiger partial charge on any atom is 0.230 e. The minimum absolute atomic E-state index is 0.236. The quantitative estimate of drug-likeness (QED) is 0.451. The Bertz CT molecular complexity index is 161. The molecule has 1 fully saturated rings. The van der Waals surface area contributed by atoms with Crippen LogP contribution in [0.25, 0.3) is 0 Å². The topological polar surface area (TPSA) is 23.6 Å². The van der Waals surface area contributed by atoms with Crippen LogP contribution >= 0.6 is 19.0 Å². The molecule has 0 N–H and O–H groups in total. The van der Waals surface area contributed by atoms with Crippen LogP contribution in [0.4, 0.5) is 0 Å². The molecule has 0 amide bonds. The van der Waals surface area contributed by atoms with E-state index in [-0.39, 0.29) is 5.62 Å². The van der Waals surface area contributed by atoms with Crippen LogP contribution in [0.2, 0.25) is 0 Å². The van der Waals surface area contributed by atoms with Gasteiger partial charge in [0.25, 0.3) is 0 Å². The average Bonchev–Trinajstić information content (AvgIpc) is 2.18. The Morgan fingerprint density at radius 2 is 1.80 bits per heavy atom. The van der Waals surface area contributed by atoms with Gasteiger partial charge in [-0.05, 0) is 14.1 Å². The molecule has 3 nitrogen and oxygen atoms in total. The Kier molecular flexibility index (Phi) is 2.41. The van der Waals surface area contributed by atoms with Gasteiger partial charge >= 0.3 is 0 Å². The van der Waals surface area contributed by atoms with Crippen LogP contribution in [-0.2, 0) is 4.57 Å². The molecule has 0 saturated carbocycles. The molecule has 1 aliphatic rings. The lowest BCUT2D eigenvalue weighted by Gasteiger charge is -2.22. The summed E-state index contributed by atoms with van der Waals surface area (Å²) in [6.07, 6.45) is 0. The summed E-state index contributed by atoms with van der Waals surface area (Å²) in [7, 11) is 1.41. The van der Waals surface area contributed by atoms with E-state index in [0.717, 1.165) is 13.1 Å². The number of alkyl halides is 1. The van der Waals surface area contributed by atoms with Crippen LogP contribution in [0.5, 0.6) is 0 Å². The number of nitrogens with zero attached hydrogens (tertiary/aromatic N) is 2. The molecule has 60 valence electrons. The minimum atomic E-state index is -2.30. The van der Waals surface area contributed by atoms with E-state index < -0.39 is 7.44 Å². The molecule has 0 radical (unpaired) electrons. The molecular formula is C5H12ClN2OP. The van der Waals surface area contributed by atoms with E-state index in [1.807, 2.05) is 23.4 Å². The molecule has 0 atom stereocenters. The molecule has 1 heterocycles. The summed E-state index contributed by atoms with van der Waals surface area (Å²) in [4.78, 5) is 0. The van der Waals surface area contributed by atoms with Crippen molar-refractivity contribution in [2.75, 3.05) is 32.8 Å². The summed E-state index contributed by atoms with van der Waals surface area (Å²) < 4.78 is 15.5. The Morgan fingerprint density at radius 1 is 1.40 bits per heavy atom. The molecule has 1 saturated heterocycles. The molecule has 0 aromatic carbocycles. The molecule has 0 aromatic heterocycles. The van der Waals surface area contributed by atoms with Gasteiger partial charge in [-0.2, -0.15) is 0 Å². The second-order valence-corrected chi connectivity index (χ2v) is 6.20. The highest BCUT2D eigenvalue weighted by molar-refractivity contribution is 7.60. The normalized spacial score (nSPS) is 27.5. The SMILES string of the molecule is CN1CCN(C)P1(=O)CCl. The van der Waals surface area contributed by atoms with Gasteiger partial charge in [-0.15, -0.1) is 11.6 Å². The summed E-state index contributed by atoms with van der Waals surface area (Å²) in [6.45, 7) is 1.72. The lowest BCUT2D eigenvalue weighted by Crippen LogP contribution is -2.13. The molecule has 1 rings (SSSR count). The van der Waals surface area contributed by atoms with Gasteiger partial charge in [-0.3, -0.25) is 4.57 Å². The van der Waals surface area contributed by atoms with Gasteiger partial charge in [0.05, 0.1) is 0 Å². The second kappa shape index (κ2) is 2.82. The predicted octanol–water partition coefficient (Wildman–Crippen LogP) is 1.25. The molecule has 1 aliphatic heterocycles. The van der Waals surface area contributed by atoms with Crippen LogP contribution in [0.3, 0.4) is 0 Å². The molecule has 0 spiro atoms. The number of hydrogen-bond acceptors (Lipinski definition) is 1. The van der Waals surface area contributed by atoms with Gasteiger partial charge in [0.2, 0.25) is 7.44 Å². The molecular weight excluding hydrogens is 170 g/mol. The van der Waals surface area contributed by atoms with Crippen LogP contribution in [0.15, 0.2) is 0 Å². The highest BCUT2D eigenvalue weighted by Gasteiger charge is 2.36. The first kappa shape index (κ1) is 8.54. The van der Waals surface area contributed by atoms with Crippen molar-refractivity contribution in [3.8, 4) is 0 Å². The first-order valence-electron chi connectivity index (χ1n) is 3.19. The minimum Gasteiger partial charge on any atom is -0.288 e. The average molecular weight is 183 g/mol. The van der Waals surface area contributed by atoms with Crippen molar-refractivity contribution in [3.05, 3.63) is 0 Å². The molecule has 0 aromatic rings. The highest BCUT2D eigenvalue weighted by Crippen LogP contribution is 2.55. The van der Waals surface area contributed by atoms with Crippen LogP contribution in [-0.4, -0.2) is 42.1 Å². The van der Waals surface area contributed by atoms with Crippen molar-refractivity contribution >= 4 is 19.0 Å². The third kappa shape index (κ3) is 1.12. The fourth-order valence-corrected chi connectivity index (χ4v) is 3.83. The molecule has 0 bridgehead atoms. The smallest absolute Gasteiger partial charge is 0.230 e. The Balaban J connectivity index is 2.80. The van der Waals surface area contributed by atoms with Gasteiger partial charge in [0.15, 0.2) is 0 Å². The van der Waals surface area contributed by atoms with Crippen molar-refractivity contribution < 1.29 is 4.57 Å². The predicted molar refractivity (Wildman–Crippen MR) is 43.6 cm³/mol. The summed E-state index contributed by atoms with van der Waals surface area (Å²) in [6, 6.07) is 0. The van der Waals surface area contributed by atoms with Crippen LogP contribution in [0.1, 0.15) is 0 Å². The van der Waals surface area contributed by atoms with Crippen molar-refractivity contribution in [2.24, 2.45) is 0 Å². The van der Waals surface area contributed by atoms with E-state index in [9.17, 15) is 4.57 Å². The standard InChI is InChI=1S/C5H12ClN2OP/c1-7-3-4-8(2)10(7,9)5-6/h3-5H2,1-2H3. The fourth-order valence-electron chi connectivity index (χ4n) is 1.05. The monoisotopic (exact) mass is 182 g/mol. The van der Waals surface area contributed by atoms with E-state index in [1.54, 1.807) is 0 Å². The zero-order valence-electron chi connectivity index (χ0n) is 6.25. The molecule has 10 heavy (non-hydrogen) atoms. The Morgan fingerprint density at radius 3 is 2.00 bits per heavy atom. The fraction of sp³-hybridized carbons (Fsp3) is 1.00. The van der Waals surface area contributed by atoms with E-state index in [2.05, 4.69) is 0 Å². The number of hydrogen-bond donors (Lipinski definition) is 0. The van der Waals surface area contributed by atoms with E-state index in [1.165, 1.54) is 0 Å². The zero-order valence-corrected chi connectivity index (χ0v) is 7.90. The third-order valence-corrected chi connectivity index (χ3v) is 5.75. The summed E-state index contributed by atoms with van der Waals surface area (Å²) >= 11 is 5.59. The zero-order chi connectivity index (χ0) is 7.78. The molecule has 0 aliphatic carbocycles. The van der Waals surface area contributed by atoms with E-state index in [0.29, 0.717) is 0 Å².